The van der Waals surface area contributed by atoms with E-state index in [0.717, 1.165) is 70.3 Å². The van der Waals surface area contributed by atoms with Crippen LogP contribution in [0, 0.1) is 36.5 Å². The van der Waals surface area contributed by atoms with Gasteiger partial charge in [-0.05, 0) is 51.7 Å². The van der Waals surface area contributed by atoms with Crippen molar-refractivity contribution in [2.24, 2.45) is 0 Å². The van der Waals surface area contributed by atoms with Gasteiger partial charge in [-0.3, -0.25) is 9.36 Å². The second-order valence-electron chi connectivity index (χ2n) is 14.0. The van der Waals surface area contributed by atoms with Crippen LogP contribution in [0.3, 0.4) is 0 Å². The lowest BCUT2D eigenvalue weighted by Crippen LogP contribution is -2.45. The van der Waals surface area contributed by atoms with E-state index < -0.39 is 0 Å². The molecule has 2 aliphatic rings. The molecule has 18 heteroatoms. The smallest absolute Gasteiger partial charge is 0.229 e. The van der Waals surface area contributed by atoms with Crippen molar-refractivity contribution in [1.29, 1.82) is 10.5 Å². The Morgan fingerprint density at radius 2 is 1.15 bits per heavy atom. The van der Waals surface area contributed by atoms with E-state index in [4.69, 9.17) is 9.05 Å². The van der Waals surface area contributed by atoms with Crippen molar-refractivity contribution in [3.63, 3.8) is 0 Å². The van der Waals surface area contributed by atoms with Gasteiger partial charge in [-0.15, -0.1) is 0 Å². The molecular formula is C37H36N16O2. The molecule has 8 aromatic rings. The van der Waals surface area contributed by atoms with Gasteiger partial charge < -0.3 is 19.0 Å². The largest absolute Gasteiger partial charge is 0.346 e. The zero-order valence-electron chi connectivity index (χ0n) is 29.2. The maximum atomic E-state index is 9.36. The molecule has 0 atom stereocenters. The van der Waals surface area contributed by atoms with Gasteiger partial charge in [0.2, 0.25) is 11.8 Å². The minimum atomic E-state index is -0.357. The summed E-state index contributed by atoms with van der Waals surface area (Å²) in [6.45, 7) is 3.61. The number of nitriles is 2. The van der Waals surface area contributed by atoms with Gasteiger partial charge in [0.25, 0.3) is 0 Å². The normalized spacial score (nSPS) is 21.5. The molecule has 0 unspecified atom stereocenters. The van der Waals surface area contributed by atoms with Crippen LogP contribution in [0.5, 0.6) is 0 Å². The van der Waals surface area contributed by atoms with Crippen LogP contribution in [0.15, 0.2) is 71.0 Å². The summed E-state index contributed by atoms with van der Waals surface area (Å²) in [5, 5.41) is 37.4. The fourth-order valence-corrected chi connectivity index (χ4v) is 7.76. The van der Waals surface area contributed by atoms with Gasteiger partial charge in [-0.25, -0.2) is 19.9 Å². The highest BCUT2D eigenvalue weighted by molar-refractivity contribution is 5.90. The van der Waals surface area contributed by atoms with Gasteiger partial charge in [0, 0.05) is 58.5 Å². The molecule has 8 heterocycles. The molecule has 0 spiro atoms. The fraction of sp³-hybridized carbons (Fsp3) is 0.351. The van der Waals surface area contributed by atoms with Crippen LogP contribution in [0.2, 0.25) is 0 Å². The second-order valence-corrected chi connectivity index (χ2v) is 14.0. The molecule has 55 heavy (non-hydrogen) atoms. The van der Waals surface area contributed by atoms with Crippen molar-refractivity contribution in [2.45, 2.75) is 82.7 Å². The third kappa shape index (κ3) is 6.07. The summed E-state index contributed by atoms with van der Waals surface area (Å²) in [6.07, 6.45) is 18.0. The van der Waals surface area contributed by atoms with Crippen molar-refractivity contribution >= 4 is 22.1 Å². The predicted octanol–water partition coefficient (Wildman–Crippen LogP) is 6.03. The number of aromatic nitrogens is 14. The zero-order chi connectivity index (χ0) is 36.9. The Bertz CT molecular complexity index is 2500. The Kier molecular flexibility index (Phi) is 8.72. The quantitative estimate of drug-likeness (QED) is 0.181. The Hall–Kier alpha value is -7.08. The molecule has 0 aromatic carbocycles. The van der Waals surface area contributed by atoms with E-state index in [1.165, 1.54) is 12.7 Å². The highest BCUT2D eigenvalue weighted by atomic mass is 16.5. The molecule has 0 saturated heterocycles. The first kappa shape index (κ1) is 35.0. The summed E-state index contributed by atoms with van der Waals surface area (Å²) in [7, 11) is 0. The topological polar surface area (TPSA) is 244 Å². The molecule has 0 bridgehead atoms. The number of fused-ring (bicyclic) bond motifs is 2. The molecule has 18 nitrogen and oxygen atoms in total. The number of rotatable bonds is 8. The van der Waals surface area contributed by atoms with Gasteiger partial charge >= 0.3 is 0 Å². The lowest BCUT2D eigenvalue weighted by atomic mass is 9.66. The highest BCUT2D eigenvalue weighted by Crippen LogP contribution is 2.52. The fourth-order valence-electron chi connectivity index (χ4n) is 7.76. The third-order valence-corrected chi connectivity index (χ3v) is 10.5. The van der Waals surface area contributed by atoms with E-state index >= 15 is 0 Å². The lowest BCUT2D eigenvalue weighted by Gasteiger charge is -2.44. The monoisotopic (exact) mass is 736 g/mol. The van der Waals surface area contributed by atoms with Crippen LogP contribution < -0.4 is 0 Å². The van der Waals surface area contributed by atoms with Gasteiger partial charge in [0.05, 0.1) is 59.8 Å². The summed E-state index contributed by atoms with van der Waals surface area (Å²) in [5.41, 5.74) is 4.30. The van der Waals surface area contributed by atoms with Crippen LogP contribution in [-0.4, -0.2) is 69.7 Å². The first-order chi connectivity index (χ1) is 26.4. The molecule has 2 fully saturated rings. The molecule has 10 rings (SSSR count). The third-order valence-electron chi connectivity index (χ3n) is 10.5. The van der Waals surface area contributed by atoms with Crippen molar-refractivity contribution in [2.75, 3.05) is 0 Å². The SMILES string of the molecule is C.Cc1noc(C2CC(CC#N)(n3cc(-c4ncnc5[nH]ccc45)cn3)C2)n1.Cc1noc(C2CC(CC#N)(n3cc(-c4ncnc5[nH]ccc45)cn3)C2)n1. The number of aromatic amines is 2. The van der Waals surface area contributed by atoms with Crippen LogP contribution in [0.1, 0.15) is 81.2 Å². The van der Waals surface area contributed by atoms with E-state index in [9.17, 15) is 10.5 Å². The minimum absolute atomic E-state index is 0. The van der Waals surface area contributed by atoms with E-state index in [1.54, 1.807) is 26.2 Å². The van der Waals surface area contributed by atoms with Crippen molar-refractivity contribution < 1.29 is 9.05 Å². The molecule has 2 saturated carbocycles. The van der Waals surface area contributed by atoms with Crippen LogP contribution in [0.25, 0.3) is 44.6 Å². The van der Waals surface area contributed by atoms with Crippen LogP contribution in [-0.2, 0) is 11.1 Å². The van der Waals surface area contributed by atoms with Crippen molar-refractivity contribution in [1.82, 2.24) is 69.7 Å². The van der Waals surface area contributed by atoms with E-state index in [1.807, 2.05) is 46.3 Å². The average Bonchev–Trinajstić information content (AvgIpc) is 3.99. The number of nitrogens with one attached hydrogen (secondary N) is 2. The molecule has 0 aliphatic heterocycles. The van der Waals surface area contributed by atoms with E-state index in [2.05, 4.69) is 72.5 Å². The molecule has 8 aromatic heterocycles. The molecule has 276 valence electrons. The standard InChI is InChI=1S/2C18H16N8O.CH4/c2*1-11-24-17(27-25-11)12-6-18(7-12,3-4-19)26-9-13(8-23-26)15-14-2-5-20-16(14)22-10-21-15;/h2*2,5,8-10,12H,3,6-7H2,1H3,(H,20,21,22);1H4. The number of hydrogen-bond donors (Lipinski definition) is 2. The van der Waals surface area contributed by atoms with Gasteiger partial charge in [0.1, 0.15) is 23.9 Å². The van der Waals surface area contributed by atoms with Crippen molar-refractivity contribution in [3.05, 3.63) is 85.4 Å². The number of aryl methyl sites for hydroxylation is 2. The number of H-pyrrole nitrogens is 2. The van der Waals surface area contributed by atoms with Gasteiger partial charge in [0.15, 0.2) is 11.6 Å². The van der Waals surface area contributed by atoms with Gasteiger partial charge in [-0.2, -0.15) is 30.7 Å². The lowest BCUT2D eigenvalue weighted by molar-refractivity contribution is 0.0822. The first-order valence-electron chi connectivity index (χ1n) is 17.4. The summed E-state index contributed by atoms with van der Waals surface area (Å²) in [4.78, 5) is 32.1. The Balaban J connectivity index is 0.000000153. The number of hydrogen-bond acceptors (Lipinski definition) is 14. The number of nitrogens with zero attached hydrogens (tertiary/aromatic N) is 14. The average molecular weight is 737 g/mol. The maximum Gasteiger partial charge on any atom is 0.229 e. The van der Waals surface area contributed by atoms with Gasteiger partial charge in [-0.1, -0.05) is 17.7 Å². The molecule has 2 N–H and O–H groups in total. The minimum Gasteiger partial charge on any atom is -0.346 e. The van der Waals surface area contributed by atoms with Crippen molar-refractivity contribution in [3.8, 4) is 34.7 Å². The Labute approximate surface area is 313 Å². The Morgan fingerprint density at radius 1 is 0.709 bits per heavy atom. The van der Waals surface area contributed by atoms with Crippen LogP contribution >= 0.6 is 0 Å². The maximum absolute atomic E-state index is 9.36. The summed E-state index contributed by atoms with van der Waals surface area (Å²) < 4.78 is 14.4. The highest BCUT2D eigenvalue weighted by Gasteiger charge is 2.50. The Morgan fingerprint density at radius 3 is 1.53 bits per heavy atom. The molecular weight excluding hydrogens is 701 g/mol. The predicted molar refractivity (Wildman–Crippen MR) is 195 cm³/mol. The zero-order valence-corrected chi connectivity index (χ0v) is 29.2. The summed E-state index contributed by atoms with van der Waals surface area (Å²) in [6, 6.07) is 8.50. The van der Waals surface area contributed by atoms with E-state index in [-0.39, 0.29) is 30.3 Å². The second kappa shape index (κ2) is 13.7. The first-order valence-corrected chi connectivity index (χ1v) is 17.4. The molecule has 0 radical (unpaired) electrons. The van der Waals surface area contributed by atoms with E-state index in [0.29, 0.717) is 36.3 Å². The summed E-state index contributed by atoms with van der Waals surface area (Å²) >= 11 is 0. The van der Waals surface area contributed by atoms with Crippen LogP contribution in [0.4, 0.5) is 0 Å². The molecule has 0 amide bonds. The molecule has 2 aliphatic carbocycles. The summed E-state index contributed by atoms with van der Waals surface area (Å²) in [5.74, 6) is 2.84.